The van der Waals surface area contributed by atoms with Crippen LogP contribution < -0.4 is 4.90 Å². The Bertz CT molecular complexity index is 1110. The van der Waals surface area contributed by atoms with Crippen LogP contribution >= 0.6 is 11.6 Å². The number of hydrogen-bond acceptors (Lipinski definition) is 4. The highest BCUT2D eigenvalue weighted by Gasteiger charge is 2.17. The van der Waals surface area contributed by atoms with Crippen LogP contribution in [0.3, 0.4) is 0 Å². The van der Waals surface area contributed by atoms with Gasteiger partial charge in [-0.05, 0) is 51.1 Å². The van der Waals surface area contributed by atoms with E-state index in [1.807, 2.05) is 41.3 Å². The molecule has 0 amide bonds. The van der Waals surface area contributed by atoms with Gasteiger partial charge in [-0.1, -0.05) is 17.7 Å². The standard InChI is InChI=1S/C22H25ClN6/c1-4-27(5-2)20-11-10-16(14-24-20)22-25-19-9-7-8-18(23)21(19)29(22)15-17-12-13-28(6-3)26-17/h7-14H,4-6,15H2,1-3H3. The third-order valence-electron chi connectivity index (χ3n) is 5.15. The summed E-state index contributed by atoms with van der Waals surface area (Å²) in [5.41, 5.74) is 3.72. The minimum absolute atomic E-state index is 0.598. The van der Waals surface area contributed by atoms with E-state index in [1.165, 1.54) is 0 Å². The summed E-state index contributed by atoms with van der Waals surface area (Å²) in [5.74, 6) is 1.82. The van der Waals surface area contributed by atoms with Crippen molar-refractivity contribution in [3.63, 3.8) is 0 Å². The molecule has 0 aliphatic heterocycles. The summed E-state index contributed by atoms with van der Waals surface area (Å²) in [6.07, 6.45) is 3.89. The molecule has 0 aliphatic carbocycles. The lowest BCUT2D eigenvalue weighted by atomic mass is 10.2. The number of halogens is 1. The van der Waals surface area contributed by atoms with Crippen LogP contribution in [0.4, 0.5) is 5.82 Å². The largest absolute Gasteiger partial charge is 0.357 e. The van der Waals surface area contributed by atoms with Crippen molar-refractivity contribution >= 4 is 28.5 Å². The maximum Gasteiger partial charge on any atom is 0.143 e. The lowest BCUT2D eigenvalue weighted by Crippen LogP contribution is -2.22. The van der Waals surface area contributed by atoms with E-state index in [9.17, 15) is 0 Å². The van der Waals surface area contributed by atoms with E-state index in [0.29, 0.717) is 11.6 Å². The van der Waals surface area contributed by atoms with Crippen LogP contribution in [0, 0.1) is 0 Å². The predicted octanol–water partition coefficient (Wildman–Crippen LogP) is 4.86. The molecule has 0 saturated heterocycles. The third-order valence-corrected chi connectivity index (χ3v) is 5.46. The first-order valence-electron chi connectivity index (χ1n) is 10.0. The maximum absolute atomic E-state index is 6.56. The molecule has 7 heteroatoms. The first-order chi connectivity index (χ1) is 14.1. The van der Waals surface area contributed by atoms with Gasteiger partial charge in [0, 0.05) is 37.6 Å². The first-order valence-corrected chi connectivity index (χ1v) is 10.4. The number of fused-ring (bicyclic) bond motifs is 1. The van der Waals surface area contributed by atoms with Gasteiger partial charge in [0.25, 0.3) is 0 Å². The van der Waals surface area contributed by atoms with Crippen LogP contribution in [-0.4, -0.2) is 37.4 Å². The van der Waals surface area contributed by atoms with Crippen molar-refractivity contribution < 1.29 is 0 Å². The van der Waals surface area contributed by atoms with Crippen LogP contribution in [-0.2, 0) is 13.1 Å². The van der Waals surface area contributed by atoms with Gasteiger partial charge in [-0.2, -0.15) is 5.10 Å². The van der Waals surface area contributed by atoms with Crippen LogP contribution in [0.5, 0.6) is 0 Å². The molecule has 0 saturated carbocycles. The predicted molar refractivity (Wildman–Crippen MR) is 119 cm³/mol. The molecule has 29 heavy (non-hydrogen) atoms. The Morgan fingerprint density at radius 2 is 1.86 bits per heavy atom. The monoisotopic (exact) mass is 408 g/mol. The van der Waals surface area contributed by atoms with Gasteiger partial charge < -0.3 is 9.47 Å². The average molecular weight is 409 g/mol. The lowest BCUT2D eigenvalue weighted by Gasteiger charge is -2.19. The molecule has 0 fully saturated rings. The molecular weight excluding hydrogens is 384 g/mol. The fraction of sp³-hybridized carbons (Fsp3) is 0.318. The topological polar surface area (TPSA) is 51.8 Å². The highest BCUT2D eigenvalue weighted by atomic mass is 35.5. The lowest BCUT2D eigenvalue weighted by molar-refractivity contribution is 0.639. The van der Waals surface area contributed by atoms with E-state index >= 15 is 0 Å². The van der Waals surface area contributed by atoms with Crippen molar-refractivity contribution in [2.45, 2.75) is 33.9 Å². The Morgan fingerprint density at radius 1 is 1.03 bits per heavy atom. The third kappa shape index (κ3) is 3.72. The Hall–Kier alpha value is -2.86. The van der Waals surface area contributed by atoms with Gasteiger partial charge in [-0.3, -0.25) is 4.68 Å². The van der Waals surface area contributed by atoms with Gasteiger partial charge in [-0.25, -0.2) is 9.97 Å². The summed E-state index contributed by atoms with van der Waals surface area (Å²) in [6.45, 7) is 9.64. The molecule has 4 aromatic rings. The number of imidazole rings is 1. The highest BCUT2D eigenvalue weighted by molar-refractivity contribution is 6.35. The molecule has 0 spiro atoms. The Kier molecular flexibility index (Phi) is 5.53. The van der Waals surface area contributed by atoms with Gasteiger partial charge in [0.15, 0.2) is 0 Å². The number of rotatable bonds is 7. The molecule has 6 nitrogen and oxygen atoms in total. The van der Waals surface area contributed by atoms with E-state index < -0.39 is 0 Å². The minimum Gasteiger partial charge on any atom is -0.357 e. The zero-order valence-electron chi connectivity index (χ0n) is 17.0. The number of aryl methyl sites for hydroxylation is 1. The Labute approximate surface area is 175 Å². The first kappa shape index (κ1) is 19.5. The van der Waals surface area contributed by atoms with E-state index in [-0.39, 0.29) is 0 Å². The van der Waals surface area contributed by atoms with E-state index in [2.05, 4.69) is 52.5 Å². The van der Waals surface area contributed by atoms with Crippen molar-refractivity contribution in [3.05, 3.63) is 59.5 Å². The summed E-state index contributed by atoms with van der Waals surface area (Å²) in [5, 5.41) is 5.32. The summed E-state index contributed by atoms with van der Waals surface area (Å²) in [4.78, 5) is 11.8. The summed E-state index contributed by atoms with van der Waals surface area (Å²) >= 11 is 6.56. The maximum atomic E-state index is 6.56. The van der Waals surface area contributed by atoms with E-state index in [4.69, 9.17) is 16.6 Å². The SMILES string of the molecule is CCN(CC)c1ccc(-c2nc3cccc(Cl)c3n2Cc2ccn(CC)n2)cn1. The Morgan fingerprint density at radius 3 is 2.52 bits per heavy atom. The second-order valence-corrected chi connectivity index (χ2v) is 7.28. The van der Waals surface area contributed by atoms with E-state index in [1.54, 1.807) is 0 Å². The van der Waals surface area contributed by atoms with Crippen LogP contribution in [0.25, 0.3) is 22.4 Å². The minimum atomic E-state index is 0.598. The second kappa shape index (κ2) is 8.25. The number of anilines is 1. The molecule has 4 rings (SSSR count). The van der Waals surface area contributed by atoms with E-state index in [0.717, 1.165) is 53.6 Å². The smallest absolute Gasteiger partial charge is 0.143 e. The van der Waals surface area contributed by atoms with Crippen molar-refractivity contribution in [2.75, 3.05) is 18.0 Å². The second-order valence-electron chi connectivity index (χ2n) is 6.87. The fourth-order valence-corrected chi connectivity index (χ4v) is 3.87. The molecule has 3 aromatic heterocycles. The normalized spacial score (nSPS) is 11.3. The molecule has 0 radical (unpaired) electrons. The van der Waals surface area contributed by atoms with Crippen LogP contribution in [0.15, 0.2) is 48.8 Å². The molecule has 0 N–H and O–H groups in total. The van der Waals surface area contributed by atoms with Gasteiger partial charge in [0.05, 0.1) is 28.3 Å². The molecule has 3 heterocycles. The zero-order chi connectivity index (χ0) is 20.4. The zero-order valence-corrected chi connectivity index (χ0v) is 17.8. The molecule has 0 bridgehead atoms. The number of hydrogen-bond donors (Lipinski definition) is 0. The summed E-state index contributed by atoms with van der Waals surface area (Å²) in [6, 6.07) is 12.0. The number of nitrogens with zero attached hydrogens (tertiary/aromatic N) is 6. The molecule has 0 aliphatic rings. The van der Waals surface area contributed by atoms with Gasteiger partial charge in [-0.15, -0.1) is 0 Å². The van der Waals surface area contributed by atoms with Gasteiger partial charge in [0.1, 0.15) is 11.6 Å². The van der Waals surface area contributed by atoms with Crippen molar-refractivity contribution in [1.82, 2.24) is 24.3 Å². The number of para-hydroxylation sites is 1. The number of benzene rings is 1. The molecular formula is C22H25ClN6. The number of pyridine rings is 1. The molecule has 150 valence electrons. The molecule has 0 atom stereocenters. The van der Waals surface area contributed by atoms with Crippen molar-refractivity contribution in [3.8, 4) is 11.4 Å². The Balaban J connectivity index is 1.80. The van der Waals surface area contributed by atoms with Gasteiger partial charge in [0.2, 0.25) is 0 Å². The van der Waals surface area contributed by atoms with Crippen molar-refractivity contribution in [2.24, 2.45) is 0 Å². The number of aromatic nitrogens is 5. The fourth-order valence-electron chi connectivity index (χ4n) is 3.60. The van der Waals surface area contributed by atoms with Crippen LogP contribution in [0.2, 0.25) is 5.02 Å². The average Bonchev–Trinajstić information content (AvgIpc) is 3.35. The summed E-state index contributed by atoms with van der Waals surface area (Å²) < 4.78 is 4.06. The molecule has 0 unspecified atom stereocenters. The summed E-state index contributed by atoms with van der Waals surface area (Å²) in [7, 11) is 0. The quantitative estimate of drug-likeness (QED) is 0.438. The molecule has 1 aromatic carbocycles. The van der Waals surface area contributed by atoms with Crippen LogP contribution in [0.1, 0.15) is 26.5 Å². The van der Waals surface area contributed by atoms with Gasteiger partial charge >= 0.3 is 0 Å². The van der Waals surface area contributed by atoms with Crippen molar-refractivity contribution in [1.29, 1.82) is 0 Å². The highest BCUT2D eigenvalue weighted by Crippen LogP contribution is 2.30.